The molecule has 3 rings (SSSR count). The van der Waals surface area contributed by atoms with Crippen molar-refractivity contribution in [1.29, 1.82) is 5.53 Å². The van der Waals surface area contributed by atoms with Crippen LogP contribution in [0, 0.1) is 22.9 Å². The summed E-state index contributed by atoms with van der Waals surface area (Å²) in [6.45, 7) is 4.23. The number of rotatable bonds is 3. The van der Waals surface area contributed by atoms with Gasteiger partial charge in [-0.2, -0.15) is 5.11 Å². The van der Waals surface area contributed by atoms with Gasteiger partial charge in [0, 0.05) is 15.1 Å². The van der Waals surface area contributed by atoms with Gasteiger partial charge in [0.1, 0.15) is 5.54 Å². The first-order chi connectivity index (χ1) is 11.1. The maximum atomic E-state index is 8.06. The second-order valence-corrected chi connectivity index (χ2v) is 7.11. The lowest BCUT2D eigenvalue weighted by Gasteiger charge is -2.37. The van der Waals surface area contributed by atoms with E-state index in [2.05, 4.69) is 102 Å². The molecule has 0 saturated carbocycles. The van der Waals surface area contributed by atoms with Crippen LogP contribution < -0.4 is 0 Å². The van der Waals surface area contributed by atoms with Gasteiger partial charge in [-0.3, -0.25) is 0 Å². The summed E-state index contributed by atoms with van der Waals surface area (Å²) in [6, 6.07) is 14.6. The fourth-order valence-electron chi connectivity index (χ4n) is 3.45. The van der Waals surface area contributed by atoms with Gasteiger partial charge in [-0.25, -0.2) is 5.53 Å². The van der Waals surface area contributed by atoms with Crippen LogP contribution in [0.1, 0.15) is 28.2 Å². The molecular weight excluding hydrogens is 395 g/mol. The van der Waals surface area contributed by atoms with Crippen molar-refractivity contribution >= 4 is 22.6 Å². The molecule has 2 aromatic rings. The van der Waals surface area contributed by atoms with Crippen LogP contribution in [0.2, 0.25) is 0 Å². The average Bonchev–Trinajstić information content (AvgIpc) is 2.55. The van der Waals surface area contributed by atoms with Crippen molar-refractivity contribution < 1.29 is 0 Å². The van der Waals surface area contributed by atoms with Gasteiger partial charge in [0.25, 0.3) is 0 Å². The highest BCUT2D eigenvalue weighted by atomic mass is 127. The van der Waals surface area contributed by atoms with E-state index >= 15 is 0 Å². The van der Waals surface area contributed by atoms with Crippen LogP contribution in [0.3, 0.4) is 0 Å². The van der Waals surface area contributed by atoms with Crippen molar-refractivity contribution in [2.24, 2.45) is 5.11 Å². The Bertz CT molecular complexity index is 787. The molecular formula is C20H19IN2. The second kappa shape index (κ2) is 6.40. The normalized spacial score (nSPS) is 23.0. The molecule has 1 aliphatic carbocycles. The number of nitrogens with one attached hydrogen (secondary N) is 1. The SMILES string of the molecule is Cc1ccccc1C1C=CC=CC1(N=N)c1c(C)cccc1I. The zero-order valence-corrected chi connectivity index (χ0v) is 15.4. The fraction of sp³-hybridized carbons (Fsp3) is 0.200. The molecule has 0 amide bonds. The summed E-state index contributed by atoms with van der Waals surface area (Å²) in [5.74, 6) is 0.0285. The van der Waals surface area contributed by atoms with E-state index in [4.69, 9.17) is 5.53 Å². The largest absolute Gasteiger partial charge is 0.209 e. The highest BCUT2D eigenvalue weighted by Crippen LogP contribution is 2.47. The number of hydrogen-bond donors (Lipinski definition) is 1. The number of allylic oxidation sites excluding steroid dienone is 2. The minimum Gasteiger partial charge on any atom is -0.209 e. The Morgan fingerprint density at radius 3 is 2.43 bits per heavy atom. The molecule has 2 nitrogen and oxygen atoms in total. The topological polar surface area (TPSA) is 36.2 Å². The summed E-state index contributed by atoms with van der Waals surface area (Å²) in [5, 5.41) is 4.18. The predicted octanol–water partition coefficient (Wildman–Crippen LogP) is 6.04. The second-order valence-electron chi connectivity index (χ2n) is 5.95. The van der Waals surface area contributed by atoms with Gasteiger partial charge < -0.3 is 0 Å². The van der Waals surface area contributed by atoms with Gasteiger partial charge in [-0.05, 0) is 65.3 Å². The Morgan fingerprint density at radius 2 is 1.74 bits per heavy atom. The molecule has 0 heterocycles. The van der Waals surface area contributed by atoms with E-state index in [0.717, 1.165) is 9.13 Å². The maximum Gasteiger partial charge on any atom is 0.136 e. The highest BCUT2D eigenvalue weighted by Gasteiger charge is 2.42. The molecule has 2 atom stereocenters. The van der Waals surface area contributed by atoms with Crippen molar-refractivity contribution in [2.75, 3.05) is 0 Å². The van der Waals surface area contributed by atoms with E-state index in [1.54, 1.807) is 0 Å². The molecule has 0 aliphatic heterocycles. The van der Waals surface area contributed by atoms with Crippen LogP contribution in [0.15, 0.2) is 71.9 Å². The Morgan fingerprint density at radius 1 is 1.00 bits per heavy atom. The first kappa shape index (κ1) is 16.1. The Labute approximate surface area is 151 Å². The van der Waals surface area contributed by atoms with E-state index < -0.39 is 5.54 Å². The zero-order chi connectivity index (χ0) is 16.4. The zero-order valence-electron chi connectivity index (χ0n) is 13.3. The van der Waals surface area contributed by atoms with Crippen LogP contribution in [0.4, 0.5) is 0 Å². The third-order valence-corrected chi connectivity index (χ3v) is 5.47. The van der Waals surface area contributed by atoms with Crippen LogP contribution in [-0.2, 0) is 5.54 Å². The highest BCUT2D eigenvalue weighted by molar-refractivity contribution is 14.1. The lowest BCUT2D eigenvalue weighted by atomic mass is 9.71. The van der Waals surface area contributed by atoms with Gasteiger partial charge in [0.15, 0.2) is 0 Å². The van der Waals surface area contributed by atoms with E-state index in [1.165, 1.54) is 16.7 Å². The molecule has 0 fully saturated rings. The molecule has 0 bridgehead atoms. The molecule has 0 radical (unpaired) electrons. The number of aryl methyl sites for hydroxylation is 2. The summed E-state index contributed by atoms with van der Waals surface area (Å²) in [4.78, 5) is 0. The number of nitrogens with zero attached hydrogens (tertiary/aromatic N) is 1. The Hall–Kier alpha value is -1.75. The van der Waals surface area contributed by atoms with E-state index in [9.17, 15) is 0 Å². The third-order valence-electron chi connectivity index (χ3n) is 4.57. The molecule has 116 valence electrons. The molecule has 23 heavy (non-hydrogen) atoms. The van der Waals surface area contributed by atoms with Gasteiger partial charge in [0.05, 0.1) is 0 Å². The predicted molar refractivity (Wildman–Crippen MR) is 103 cm³/mol. The summed E-state index contributed by atoms with van der Waals surface area (Å²) < 4.78 is 1.15. The molecule has 3 heteroatoms. The van der Waals surface area contributed by atoms with Gasteiger partial charge in [0.2, 0.25) is 0 Å². The average molecular weight is 414 g/mol. The van der Waals surface area contributed by atoms with Crippen LogP contribution >= 0.6 is 22.6 Å². The minimum absolute atomic E-state index is 0.0285. The van der Waals surface area contributed by atoms with Crippen molar-refractivity contribution in [3.63, 3.8) is 0 Å². The molecule has 1 N–H and O–H groups in total. The Balaban J connectivity index is 2.27. The standard InChI is InChI=1S/C20H19IN2/c1-14-8-3-4-10-16(14)17-11-5-6-13-20(17,23-22)19-15(2)9-7-12-18(19)21/h3-13,17,22H,1-2H3. The van der Waals surface area contributed by atoms with Crippen LogP contribution in [0.5, 0.6) is 0 Å². The first-order valence-electron chi connectivity index (χ1n) is 7.66. The monoisotopic (exact) mass is 414 g/mol. The van der Waals surface area contributed by atoms with Crippen LogP contribution in [-0.4, -0.2) is 0 Å². The van der Waals surface area contributed by atoms with Crippen molar-refractivity contribution in [2.45, 2.75) is 25.3 Å². The molecule has 0 saturated heterocycles. The molecule has 2 aromatic carbocycles. The molecule has 2 unspecified atom stereocenters. The summed E-state index contributed by atoms with van der Waals surface area (Å²) in [6.07, 6.45) is 8.31. The van der Waals surface area contributed by atoms with Crippen molar-refractivity contribution in [3.8, 4) is 0 Å². The smallest absolute Gasteiger partial charge is 0.136 e. The first-order valence-corrected chi connectivity index (χ1v) is 8.74. The quantitative estimate of drug-likeness (QED) is 0.469. The maximum absolute atomic E-state index is 8.06. The molecule has 0 aromatic heterocycles. The van der Waals surface area contributed by atoms with E-state index in [0.29, 0.717) is 0 Å². The summed E-state index contributed by atoms with van der Waals surface area (Å²) >= 11 is 2.36. The Kier molecular flexibility index (Phi) is 4.48. The summed E-state index contributed by atoms with van der Waals surface area (Å²) in [5.41, 5.74) is 12.1. The van der Waals surface area contributed by atoms with Crippen LogP contribution in [0.25, 0.3) is 0 Å². The van der Waals surface area contributed by atoms with Gasteiger partial charge in [-0.15, -0.1) is 0 Å². The summed E-state index contributed by atoms with van der Waals surface area (Å²) in [7, 11) is 0. The van der Waals surface area contributed by atoms with E-state index in [1.807, 2.05) is 6.08 Å². The number of benzene rings is 2. The minimum atomic E-state index is -0.678. The van der Waals surface area contributed by atoms with Gasteiger partial charge in [-0.1, -0.05) is 54.6 Å². The third kappa shape index (κ3) is 2.67. The van der Waals surface area contributed by atoms with Gasteiger partial charge >= 0.3 is 0 Å². The lowest BCUT2D eigenvalue weighted by Crippen LogP contribution is -2.32. The van der Waals surface area contributed by atoms with Crippen molar-refractivity contribution in [1.82, 2.24) is 0 Å². The molecule has 1 aliphatic rings. The lowest BCUT2D eigenvalue weighted by molar-refractivity contribution is 0.458. The fourth-order valence-corrected chi connectivity index (χ4v) is 4.51. The van der Waals surface area contributed by atoms with Crippen molar-refractivity contribution in [3.05, 3.63) is 92.6 Å². The molecule has 0 spiro atoms. The number of halogens is 1. The number of hydrogen-bond acceptors (Lipinski definition) is 2. The van der Waals surface area contributed by atoms with E-state index in [-0.39, 0.29) is 5.92 Å².